The molecule has 2 heterocycles. The van der Waals surface area contributed by atoms with Gasteiger partial charge in [-0.3, -0.25) is 4.79 Å². The molecule has 110 valence electrons. The molecule has 0 spiro atoms. The fraction of sp³-hybridized carbons (Fsp3) is 0.375. The first-order valence-corrected chi connectivity index (χ1v) is 7.19. The summed E-state index contributed by atoms with van der Waals surface area (Å²) in [5.41, 5.74) is 7.11. The molecule has 3 N–H and O–H groups in total. The Kier molecular flexibility index (Phi) is 3.75. The zero-order valence-electron chi connectivity index (χ0n) is 12.0. The van der Waals surface area contributed by atoms with E-state index in [0.29, 0.717) is 23.9 Å². The fourth-order valence-corrected chi connectivity index (χ4v) is 2.73. The van der Waals surface area contributed by atoms with Gasteiger partial charge in [0.15, 0.2) is 0 Å². The molecule has 2 aromatic rings. The average Bonchev–Trinajstić information content (AvgIpc) is 3.00. The van der Waals surface area contributed by atoms with Crippen molar-refractivity contribution in [3.63, 3.8) is 0 Å². The number of para-hydroxylation sites is 1. The van der Waals surface area contributed by atoms with Crippen LogP contribution in [0.2, 0.25) is 0 Å². The molecule has 1 saturated heterocycles. The van der Waals surface area contributed by atoms with Crippen LogP contribution >= 0.6 is 0 Å². The van der Waals surface area contributed by atoms with Gasteiger partial charge in [0.1, 0.15) is 5.82 Å². The number of benzene rings is 1. The lowest BCUT2D eigenvalue weighted by Crippen LogP contribution is -2.38. The number of hydrogen-bond donors (Lipinski definition) is 2. The molecule has 1 aliphatic heterocycles. The third kappa shape index (κ3) is 2.83. The van der Waals surface area contributed by atoms with Crippen LogP contribution in [0.5, 0.6) is 0 Å². The van der Waals surface area contributed by atoms with E-state index in [1.54, 1.807) is 6.07 Å². The second-order valence-corrected chi connectivity index (χ2v) is 5.50. The zero-order valence-corrected chi connectivity index (χ0v) is 12.0. The molecule has 0 radical (unpaired) electrons. The van der Waals surface area contributed by atoms with Gasteiger partial charge < -0.3 is 15.8 Å². The normalized spacial score (nSPS) is 19.6. The topological polar surface area (TPSA) is 77.2 Å². The number of anilines is 1. The molecule has 1 aromatic carbocycles. The number of nitrogen functional groups attached to an aromatic ring is 1. The molecule has 1 amide bonds. The fourth-order valence-electron chi connectivity index (χ4n) is 2.73. The van der Waals surface area contributed by atoms with E-state index < -0.39 is 0 Å². The number of carbonyl (C=O) groups excluding carboxylic acids is 1. The van der Waals surface area contributed by atoms with Crippen molar-refractivity contribution >= 4 is 22.6 Å². The monoisotopic (exact) mass is 285 g/mol. The van der Waals surface area contributed by atoms with Crippen LogP contribution in [0.25, 0.3) is 10.9 Å². The standard InChI is InChI=1S/C16H19N3O2/c1-10(11-6-7-21-9-11)18-16(20)13-8-15(17)19-14-5-3-2-4-12(13)14/h2-5,8,10-11H,6-7,9H2,1H3,(H2,17,19)(H,18,20). The van der Waals surface area contributed by atoms with Crippen LogP contribution in [-0.4, -0.2) is 30.1 Å². The van der Waals surface area contributed by atoms with Gasteiger partial charge in [-0.2, -0.15) is 0 Å². The van der Waals surface area contributed by atoms with Crippen LogP contribution in [0.1, 0.15) is 23.7 Å². The number of hydrogen-bond acceptors (Lipinski definition) is 4. The van der Waals surface area contributed by atoms with Crippen LogP contribution in [0.15, 0.2) is 30.3 Å². The summed E-state index contributed by atoms with van der Waals surface area (Å²) in [6, 6.07) is 9.24. The van der Waals surface area contributed by atoms with E-state index in [1.807, 2.05) is 31.2 Å². The summed E-state index contributed by atoms with van der Waals surface area (Å²) in [5.74, 6) is 0.620. The van der Waals surface area contributed by atoms with E-state index >= 15 is 0 Å². The Balaban J connectivity index is 1.87. The number of rotatable bonds is 3. The summed E-state index contributed by atoms with van der Waals surface area (Å²) in [4.78, 5) is 16.8. The van der Waals surface area contributed by atoms with Gasteiger partial charge in [0.25, 0.3) is 5.91 Å². The maximum Gasteiger partial charge on any atom is 0.252 e. The summed E-state index contributed by atoms with van der Waals surface area (Å²) in [6.07, 6.45) is 0.987. The molecule has 5 nitrogen and oxygen atoms in total. The van der Waals surface area contributed by atoms with E-state index in [0.717, 1.165) is 23.9 Å². The minimum absolute atomic E-state index is 0.0770. The van der Waals surface area contributed by atoms with Crippen molar-refractivity contribution in [3.05, 3.63) is 35.9 Å². The second-order valence-electron chi connectivity index (χ2n) is 5.50. The van der Waals surface area contributed by atoms with Gasteiger partial charge >= 0.3 is 0 Å². The maximum absolute atomic E-state index is 12.5. The number of nitrogens with two attached hydrogens (primary N) is 1. The summed E-state index contributed by atoms with van der Waals surface area (Å²) >= 11 is 0. The number of fused-ring (bicyclic) bond motifs is 1. The number of ether oxygens (including phenoxy) is 1. The van der Waals surface area contributed by atoms with Crippen LogP contribution in [-0.2, 0) is 4.74 Å². The maximum atomic E-state index is 12.5. The van der Waals surface area contributed by atoms with Crippen molar-refractivity contribution in [2.24, 2.45) is 5.92 Å². The van der Waals surface area contributed by atoms with Crippen molar-refractivity contribution in [2.45, 2.75) is 19.4 Å². The summed E-state index contributed by atoms with van der Waals surface area (Å²) in [6.45, 7) is 3.50. The van der Waals surface area contributed by atoms with Crippen LogP contribution in [0, 0.1) is 5.92 Å². The summed E-state index contributed by atoms with van der Waals surface area (Å²) < 4.78 is 5.37. The molecule has 1 aromatic heterocycles. The Bertz CT molecular complexity index is 666. The predicted octanol–water partition coefficient (Wildman–Crippen LogP) is 1.97. The van der Waals surface area contributed by atoms with E-state index in [1.165, 1.54) is 0 Å². The lowest BCUT2D eigenvalue weighted by atomic mass is 10.00. The van der Waals surface area contributed by atoms with Crippen molar-refractivity contribution in [3.8, 4) is 0 Å². The Morgan fingerprint density at radius 1 is 1.48 bits per heavy atom. The molecule has 2 unspecified atom stereocenters. The summed E-state index contributed by atoms with van der Waals surface area (Å²) in [7, 11) is 0. The zero-order chi connectivity index (χ0) is 14.8. The molecular formula is C16H19N3O2. The smallest absolute Gasteiger partial charge is 0.252 e. The van der Waals surface area contributed by atoms with Gasteiger partial charge in [-0.05, 0) is 25.5 Å². The van der Waals surface area contributed by atoms with Crippen LogP contribution < -0.4 is 11.1 Å². The number of nitrogens with zero attached hydrogens (tertiary/aromatic N) is 1. The van der Waals surface area contributed by atoms with Gasteiger partial charge in [0.05, 0.1) is 17.7 Å². The highest BCUT2D eigenvalue weighted by Gasteiger charge is 2.24. The van der Waals surface area contributed by atoms with Crippen molar-refractivity contribution < 1.29 is 9.53 Å². The highest BCUT2D eigenvalue weighted by Crippen LogP contribution is 2.21. The van der Waals surface area contributed by atoms with E-state index in [4.69, 9.17) is 10.5 Å². The van der Waals surface area contributed by atoms with E-state index in [-0.39, 0.29) is 11.9 Å². The molecule has 0 aliphatic carbocycles. The average molecular weight is 285 g/mol. The molecular weight excluding hydrogens is 266 g/mol. The van der Waals surface area contributed by atoms with Crippen molar-refractivity contribution in [1.29, 1.82) is 0 Å². The minimum atomic E-state index is -0.111. The first kappa shape index (κ1) is 13.8. The van der Waals surface area contributed by atoms with Gasteiger partial charge in [-0.15, -0.1) is 0 Å². The molecule has 1 fully saturated rings. The Morgan fingerprint density at radius 3 is 3.05 bits per heavy atom. The van der Waals surface area contributed by atoms with Gasteiger partial charge in [-0.1, -0.05) is 18.2 Å². The first-order valence-electron chi connectivity index (χ1n) is 7.19. The lowest BCUT2D eigenvalue weighted by molar-refractivity contribution is 0.0924. The number of pyridine rings is 1. The van der Waals surface area contributed by atoms with Gasteiger partial charge in [-0.25, -0.2) is 4.98 Å². The molecule has 0 bridgehead atoms. The molecule has 1 aliphatic rings. The quantitative estimate of drug-likeness (QED) is 0.904. The molecule has 5 heteroatoms. The largest absolute Gasteiger partial charge is 0.384 e. The number of carbonyl (C=O) groups is 1. The number of nitrogens with one attached hydrogen (secondary N) is 1. The van der Waals surface area contributed by atoms with Crippen molar-refractivity contribution in [1.82, 2.24) is 10.3 Å². The molecule has 21 heavy (non-hydrogen) atoms. The predicted molar refractivity (Wildman–Crippen MR) is 82.0 cm³/mol. The molecule has 3 rings (SSSR count). The minimum Gasteiger partial charge on any atom is -0.384 e. The first-order chi connectivity index (χ1) is 10.1. The van der Waals surface area contributed by atoms with Crippen LogP contribution in [0.4, 0.5) is 5.82 Å². The molecule has 2 atom stereocenters. The van der Waals surface area contributed by atoms with Crippen LogP contribution in [0.3, 0.4) is 0 Å². The third-order valence-corrected chi connectivity index (χ3v) is 4.01. The molecule has 0 saturated carbocycles. The van der Waals surface area contributed by atoms with E-state index in [2.05, 4.69) is 10.3 Å². The third-order valence-electron chi connectivity index (χ3n) is 4.01. The highest BCUT2D eigenvalue weighted by molar-refractivity contribution is 6.06. The van der Waals surface area contributed by atoms with Gasteiger partial charge in [0.2, 0.25) is 0 Å². The van der Waals surface area contributed by atoms with E-state index in [9.17, 15) is 4.79 Å². The Hall–Kier alpha value is -2.14. The Labute approximate surface area is 123 Å². The highest BCUT2D eigenvalue weighted by atomic mass is 16.5. The second kappa shape index (κ2) is 5.69. The summed E-state index contributed by atoms with van der Waals surface area (Å²) in [5, 5.41) is 3.87. The Morgan fingerprint density at radius 2 is 2.29 bits per heavy atom. The SMILES string of the molecule is CC(NC(=O)c1cc(N)nc2ccccc12)C1CCOC1. The van der Waals surface area contributed by atoms with Gasteiger partial charge in [0, 0.05) is 24.0 Å². The van der Waals surface area contributed by atoms with Crippen molar-refractivity contribution in [2.75, 3.05) is 18.9 Å². The number of aromatic nitrogens is 1. The lowest BCUT2D eigenvalue weighted by Gasteiger charge is -2.19. The number of amides is 1.